The largest absolute Gasteiger partial charge is 0.350 e. The number of hydrogen-bond acceptors (Lipinski definition) is 3. The van der Waals surface area contributed by atoms with E-state index in [9.17, 15) is 9.59 Å². The second-order valence-corrected chi connectivity index (χ2v) is 7.47. The third kappa shape index (κ3) is 3.67. The number of anilines is 2. The van der Waals surface area contributed by atoms with E-state index in [0.717, 1.165) is 16.8 Å². The molecule has 3 aromatic rings. The zero-order valence-electron chi connectivity index (χ0n) is 16.1. The predicted octanol–water partition coefficient (Wildman–Crippen LogP) is 5.35. The fourth-order valence-electron chi connectivity index (χ4n) is 3.33. The first kappa shape index (κ1) is 19.0. The Bertz CT molecular complexity index is 1130. The molecule has 4 rings (SSSR count). The number of hydrogen-bond donors (Lipinski definition) is 1. The second kappa shape index (κ2) is 7.57. The maximum atomic E-state index is 13.3. The second-order valence-electron chi connectivity index (χ2n) is 7.03. The lowest BCUT2D eigenvalue weighted by atomic mass is 10.0. The minimum absolute atomic E-state index is 0.253. The van der Waals surface area contributed by atoms with Crippen molar-refractivity contribution in [3.63, 3.8) is 0 Å². The highest BCUT2D eigenvalue weighted by Crippen LogP contribution is 2.34. The van der Waals surface area contributed by atoms with Crippen molar-refractivity contribution >= 4 is 40.4 Å². The van der Waals surface area contributed by atoms with E-state index in [1.807, 2.05) is 50.2 Å². The molecule has 0 atom stereocenters. The van der Waals surface area contributed by atoms with E-state index in [1.54, 1.807) is 36.4 Å². The molecule has 0 aromatic heterocycles. The van der Waals surface area contributed by atoms with Crippen molar-refractivity contribution in [1.29, 1.82) is 0 Å². The smallest absolute Gasteiger partial charge is 0.282 e. The Morgan fingerprint density at radius 3 is 2.14 bits per heavy atom. The van der Waals surface area contributed by atoms with Gasteiger partial charge in [0.1, 0.15) is 5.70 Å². The molecule has 1 N–H and O–H groups in total. The van der Waals surface area contributed by atoms with E-state index in [0.29, 0.717) is 21.8 Å². The highest BCUT2D eigenvalue weighted by atomic mass is 35.5. The van der Waals surface area contributed by atoms with E-state index >= 15 is 0 Å². The van der Waals surface area contributed by atoms with Crippen LogP contribution in [0, 0.1) is 13.8 Å². The number of halogens is 1. The molecule has 4 nitrogen and oxygen atoms in total. The molecule has 29 heavy (non-hydrogen) atoms. The first-order valence-electron chi connectivity index (χ1n) is 9.23. The summed E-state index contributed by atoms with van der Waals surface area (Å²) in [6.07, 6.45) is 0. The number of amides is 2. The maximum absolute atomic E-state index is 13.3. The molecule has 0 radical (unpaired) electrons. The van der Waals surface area contributed by atoms with Crippen LogP contribution in [0.4, 0.5) is 11.4 Å². The lowest BCUT2D eigenvalue weighted by molar-refractivity contribution is -0.120. The van der Waals surface area contributed by atoms with Crippen LogP contribution in [-0.4, -0.2) is 11.8 Å². The Kier molecular flexibility index (Phi) is 4.95. The van der Waals surface area contributed by atoms with Crippen LogP contribution in [0.2, 0.25) is 5.02 Å². The molecule has 0 aliphatic carbocycles. The number of imide groups is 1. The molecule has 5 heteroatoms. The Labute approximate surface area is 174 Å². The SMILES string of the molecule is Cc1ccc(N2C(=O)C(Nc3cccc(C)c3)=C(c3ccc(Cl)cc3)C2=O)cc1. The first-order chi connectivity index (χ1) is 13.9. The van der Waals surface area contributed by atoms with E-state index in [2.05, 4.69) is 5.32 Å². The number of carbonyl (C=O) groups excluding carboxylic acids is 2. The fourth-order valence-corrected chi connectivity index (χ4v) is 3.45. The first-order valence-corrected chi connectivity index (χ1v) is 9.61. The van der Waals surface area contributed by atoms with Crippen molar-refractivity contribution in [2.75, 3.05) is 10.2 Å². The summed E-state index contributed by atoms with van der Waals surface area (Å²) in [4.78, 5) is 27.8. The van der Waals surface area contributed by atoms with Crippen molar-refractivity contribution in [3.05, 3.63) is 100 Å². The predicted molar refractivity (Wildman–Crippen MR) is 117 cm³/mol. The summed E-state index contributed by atoms with van der Waals surface area (Å²) < 4.78 is 0. The number of benzene rings is 3. The zero-order chi connectivity index (χ0) is 20.5. The van der Waals surface area contributed by atoms with E-state index < -0.39 is 0 Å². The summed E-state index contributed by atoms with van der Waals surface area (Å²) in [5, 5.41) is 3.74. The number of rotatable bonds is 4. The third-order valence-electron chi connectivity index (χ3n) is 4.80. The van der Waals surface area contributed by atoms with Crippen LogP contribution in [0.5, 0.6) is 0 Å². The molecule has 1 aliphatic rings. The van der Waals surface area contributed by atoms with Crippen molar-refractivity contribution in [1.82, 2.24) is 0 Å². The summed E-state index contributed by atoms with van der Waals surface area (Å²) >= 11 is 6.01. The number of carbonyl (C=O) groups is 2. The van der Waals surface area contributed by atoms with Crippen LogP contribution < -0.4 is 10.2 Å². The van der Waals surface area contributed by atoms with Gasteiger partial charge in [0.25, 0.3) is 11.8 Å². The van der Waals surface area contributed by atoms with Crippen LogP contribution in [0.25, 0.3) is 5.57 Å². The van der Waals surface area contributed by atoms with Crippen LogP contribution in [0.15, 0.2) is 78.5 Å². The molecule has 0 fully saturated rings. The molecule has 3 aromatic carbocycles. The van der Waals surface area contributed by atoms with Crippen LogP contribution >= 0.6 is 11.6 Å². The molecule has 0 spiro atoms. The number of aryl methyl sites for hydroxylation is 2. The summed E-state index contributed by atoms with van der Waals surface area (Å²) in [6.45, 7) is 3.93. The minimum Gasteiger partial charge on any atom is -0.350 e. The average Bonchev–Trinajstić information content (AvgIpc) is 2.93. The molecule has 144 valence electrons. The van der Waals surface area contributed by atoms with Crippen molar-refractivity contribution in [2.24, 2.45) is 0 Å². The van der Waals surface area contributed by atoms with Crippen LogP contribution in [-0.2, 0) is 9.59 Å². The number of nitrogens with one attached hydrogen (secondary N) is 1. The van der Waals surface area contributed by atoms with Crippen LogP contribution in [0.1, 0.15) is 16.7 Å². The van der Waals surface area contributed by atoms with Gasteiger partial charge >= 0.3 is 0 Å². The molecule has 0 unspecified atom stereocenters. The Morgan fingerprint density at radius 1 is 0.793 bits per heavy atom. The van der Waals surface area contributed by atoms with Gasteiger partial charge in [0.15, 0.2) is 0 Å². The van der Waals surface area contributed by atoms with Gasteiger partial charge in [0.05, 0.1) is 11.3 Å². The van der Waals surface area contributed by atoms with Gasteiger partial charge in [-0.05, 0) is 61.4 Å². The van der Waals surface area contributed by atoms with E-state index in [1.165, 1.54) is 4.90 Å². The van der Waals surface area contributed by atoms with Gasteiger partial charge in [-0.3, -0.25) is 9.59 Å². The zero-order valence-corrected chi connectivity index (χ0v) is 16.8. The normalized spacial score (nSPS) is 14.0. The Morgan fingerprint density at radius 2 is 1.48 bits per heavy atom. The monoisotopic (exact) mass is 402 g/mol. The molecule has 1 heterocycles. The van der Waals surface area contributed by atoms with E-state index in [-0.39, 0.29) is 17.5 Å². The average molecular weight is 403 g/mol. The topological polar surface area (TPSA) is 49.4 Å². The van der Waals surface area contributed by atoms with Gasteiger partial charge in [0, 0.05) is 10.7 Å². The molecule has 1 aliphatic heterocycles. The van der Waals surface area contributed by atoms with Gasteiger partial charge in [-0.15, -0.1) is 0 Å². The quantitative estimate of drug-likeness (QED) is 0.598. The summed E-state index contributed by atoms with van der Waals surface area (Å²) in [6, 6.07) is 21.9. The van der Waals surface area contributed by atoms with E-state index in [4.69, 9.17) is 11.6 Å². The van der Waals surface area contributed by atoms with Gasteiger partial charge in [-0.2, -0.15) is 0 Å². The van der Waals surface area contributed by atoms with Crippen molar-refractivity contribution in [2.45, 2.75) is 13.8 Å². The maximum Gasteiger partial charge on any atom is 0.282 e. The van der Waals surface area contributed by atoms with Crippen molar-refractivity contribution < 1.29 is 9.59 Å². The fraction of sp³-hybridized carbons (Fsp3) is 0.0833. The molecule has 0 saturated carbocycles. The summed E-state index contributed by atoms with van der Waals surface area (Å²) in [7, 11) is 0. The summed E-state index contributed by atoms with van der Waals surface area (Å²) in [5.74, 6) is -0.748. The molecule has 0 bridgehead atoms. The van der Waals surface area contributed by atoms with Crippen LogP contribution in [0.3, 0.4) is 0 Å². The summed E-state index contributed by atoms with van der Waals surface area (Å²) in [5.41, 5.74) is 4.61. The lowest BCUT2D eigenvalue weighted by Gasteiger charge is -2.15. The van der Waals surface area contributed by atoms with Crippen molar-refractivity contribution in [3.8, 4) is 0 Å². The van der Waals surface area contributed by atoms with Gasteiger partial charge in [-0.1, -0.05) is 53.6 Å². The highest BCUT2D eigenvalue weighted by molar-refractivity contribution is 6.46. The Hall–Kier alpha value is -3.37. The highest BCUT2D eigenvalue weighted by Gasteiger charge is 2.40. The van der Waals surface area contributed by atoms with Gasteiger partial charge < -0.3 is 5.32 Å². The standard InChI is InChI=1S/C24H19ClN2O2/c1-15-6-12-20(13-7-15)27-23(28)21(17-8-10-18(25)11-9-17)22(24(27)29)26-19-5-3-4-16(2)14-19/h3-14,26H,1-2H3. The number of nitrogens with zero attached hydrogens (tertiary/aromatic N) is 1. The molecular formula is C24H19ClN2O2. The van der Waals surface area contributed by atoms with Gasteiger partial charge in [-0.25, -0.2) is 4.90 Å². The molecular weight excluding hydrogens is 384 g/mol. The lowest BCUT2D eigenvalue weighted by Crippen LogP contribution is -2.32. The molecule has 2 amide bonds. The minimum atomic E-state index is -0.384. The molecule has 0 saturated heterocycles. The Balaban J connectivity index is 1.82. The third-order valence-corrected chi connectivity index (χ3v) is 5.05. The van der Waals surface area contributed by atoms with Gasteiger partial charge in [0.2, 0.25) is 0 Å².